The zero-order valence-electron chi connectivity index (χ0n) is 26.4. The molecule has 4 aromatic carbocycles. The van der Waals surface area contributed by atoms with E-state index in [2.05, 4.69) is 5.32 Å². The molecule has 8 nitrogen and oxygen atoms in total. The van der Waals surface area contributed by atoms with E-state index in [1.54, 1.807) is 36.4 Å². The summed E-state index contributed by atoms with van der Waals surface area (Å²) in [6.45, 7) is 7.10. The molecule has 1 N–H and O–H groups in total. The summed E-state index contributed by atoms with van der Waals surface area (Å²) in [6, 6.07) is 29.2. The molecule has 0 heterocycles. The van der Waals surface area contributed by atoms with Gasteiger partial charge in [-0.05, 0) is 68.7 Å². The lowest BCUT2D eigenvalue weighted by atomic mass is 10.0. The zero-order chi connectivity index (χ0) is 32.6. The third-order valence-electron chi connectivity index (χ3n) is 7.55. The Morgan fingerprint density at radius 2 is 1.44 bits per heavy atom. The van der Waals surface area contributed by atoms with Crippen LogP contribution in [0.15, 0.2) is 108 Å². The maximum Gasteiger partial charge on any atom is 0.264 e. The number of carbonyl (C=O) groups excluding carboxylic acids is 2. The quantitative estimate of drug-likeness (QED) is 0.206. The number of amides is 2. The molecule has 0 fully saturated rings. The van der Waals surface area contributed by atoms with Crippen molar-refractivity contribution in [2.75, 3.05) is 18.0 Å². The third-order valence-corrected chi connectivity index (χ3v) is 9.32. The second-order valence-electron chi connectivity index (χ2n) is 11.3. The van der Waals surface area contributed by atoms with E-state index in [0.717, 1.165) is 26.6 Å². The van der Waals surface area contributed by atoms with E-state index in [0.29, 0.717) is 5.75 Å². The van der Waals surface area contributed by atoms with Crippen molar-refractivity contribution in [2.24, 2.45) is 0 Å². The first-order valence-corrected chi connectivity index (χ1v) is 16.4. The Labute approximate surface area is 266 Å². The number of methoxy groups -OCH3 is 1. The fourth-order valence-electron chi connectivity index (χ4n) is 5.09. The lowest BCUT2D eigenvalue weighted by Gasteiger charge is -2.34. The molecule has 1 atom stereocenters. The van der Waals surface area contributed by atoms with E-state index < -0.39 is 28.5 Å². The van der Waals surface area contributed by atoms with Crippen molar-refractivity contribution in [3.8, 4) is 5.75 Å². The summed E-state index contributed by atoms with van der Waals surface area (Å²) in [5.41, 5.74) is 3.80. The van der Waals surface area contributed by atoms with Crippen LogP contribution in [0.25, 0.3) is 0 Å². The van der Waals surface area contributed by atoms with Crippen molar-refractivity contribution >= 4 is 27.5 Å². The molecular formula is C36H41N3O5S. The Balaban J connectivity index is 1.84. The standard InChI is InChI=1S/C36H41N3O5S/c1-26(2)37-36(41)33(23-29-14-7-6-8-15-29)38(24-30-16-10-9-13-28(30)4)35(40)25-39(32-17-11-12-18-34(32)44-5)45(42,43)31-21-19-27(3)20-22-31/h6-22,26,33H,23-25H2,1-5H3,(H,37,41)/t33-/m1/s1. The van der Waals surface area contributed by atoms with Gasteiger partial charge in [-0.2, -0.15) is 0 Å². The summed E-state index contributed by atoms with van der Waals surface area (Å²) in [5, 5.41) is 2.98. The number of hydrogen-bond donors (Lipinski definition) is 1. The Bertz CT molecular complexity index is 1710. The van der Waals surface area contributed by atoms with Gasteiger partial charge in [0.2, 0.25) is 11.8 Å². The minimum atomic E-state index is -4.23. The average molecular weight is 628 g/mol. The van der Waals surface area contributed by atoms with Gasteiger partial charge in [0.1, 0.15) is 18.3 Å². The van der Waals surface area contributed by atoms with Crippen molar-refractivity contribution in [1.29, 1.82) is 0 Å². The van der Waals surface area contributed by atoms with Gasteiger partial charge in [-0.25, -0.2) is 8.42 Å². The van der Waals surface area contributed by atoms with Crippen LogP contribution in [-0.4, -0.2) is 50.9 Å². The Morgan fingerprint density at radius 1 is 0.822 bits per heavy atom. The number of sulfonamides is 1. The molecule has 0 bridgehead atoms. The van der Waals surface area contributed by atoms with E-state index in [1.165, 1.54) is 24.1 Å². The van der Waals surface area contributed by atoms with Gasteiger partial charge in [-0.15, -0.1) is 0 Å². The van der Waals surface area contributed by atoms with E-state index in [1.807, 2.05) is 82.3 Å². The summed E-state index contributed by atoms with van der Waals surface area (Å²) >= 11 is 0. The number of nitrogens with zero attached hydrogens (tertiary/aromatic N) is 2. The lowest BCUT2D eigenvalue weighted by Crippen LogP contribution is -2.54. The number of nitrogens with one attached hydrogen (secondary N) is 1. The molecule has 0 unspecified atom stereocenters. The van der Waals surface area contributed by atoms with E-state index in [-0.39, 0.29) is 35.5 Å². The Kier molecular flexibility index (Phi) is 11.0. The van der Waals surface area contributed by atoms with Gasteiger partial charge >= 0.3 is 0 Å². The molecule has 4 aromatic rings. The van der Waals surface area contributed by atoms with Crippen molar-refractivity contribution in [3.05, 3.63) is 125 Å². The van der Waals surface area contributed by atoms with E-state index in [4.69, 9.17) is 4.74 Å². The summed E-state index contributed by atoms with van der Waals surface area (Å²) in [6.07, 6.45) is 0.246. The predicted octanol–water partition coefficient (Wildman–Crippen LogP) is 5.67. The summed E-state index contributed by atoms with van der Waals surface area (Å²) < 4.78 is 35.1. The largest absolute Gasteiger partial charge is 0.495 e. The van der Waals surface area contributed by atoms with Crippen molar-refractivity contribution in [2.45, 2.75) is 57.6 Å². The normalized spacial score (nSPS) is 12.0. The van der Waals surface area contributed by atoms with Crippen LogP contribution in [0.3, 0.4) is 0 Å². The Hall–Kier alpha value is -4.63. The van der Waals surface area contributed by atoms with E-state index in [9.17, 15) is 18.0 Å². The monoisotopic (exact) mass is 627 g/mol. The first kappa shape index (κ1) is 33.3. The van der Waals surface area contributed by atoms with Gasteiger partial charge in [-0.3, -0.25) is 13.9 Å². The molecule has 0 spiro atoms. The number of aryl methyl sites for hydroxylation is 2. The van der Waals surface area contributed by atoms with Crippen LogP contribution in [0.1, 0.15) is 36.1 Å². The zero-order valence-corrected chi connectivity index (χ0v) is 27.3. The van der Waals surface area contributed by atoms with Crippen LogP contribution in [0.5, 0.6) is 5.75 Å². The molecule has 236 valence electrons. The highest BCUT2D eigenvalue weighted by atomic mass is 32.2. The number of hydrogen-bond acceptors (Lipinski definition) is 5. The second-order valence-corrected chi connectivity index (χ2v) is 13.2. The summed E-state index contributed by atoms with van der Waals surface area (Å²) in [5.74, 6) is -0.550. The molecule has 9 heteroatoms. The minimum absolute atomic E-state index is 0.0376. The van der Waals surface area contributed by atoms with Crippen LogP contribution >= 0.6 is 0 Å². The molecule has 0 aliphatic carbocycles. The van der Waals surface area contributed by atoms with Crippen LogP contribution < -0.4 is 14.4 Å². The Morgan fingerprint density at radius 3 is 2.09 bits per heavy atom. The predicted molar refractivity (Wildman–Crippen MR) is 178 cm³/mol. The van der Waals surface area contributed by atoms with Gasteiger partial charge in [0.15, 0.2) is 0 Å². The van der Waals surface area contributed by atoms with Crippen LogP contribution in [0, 0.1) is 13.8 Å². The molecule has 2 amide bonds. The molecule has 4 rings (SSSR count). The number of benzene rings is 4. The molecule has 0 radical (unpaired) electrons. The highest BCUT2D eigenvalue weighted by Crippen LogP contribution is 2.33. The topological polar surface area (TPSA) is 96.0 Å². The fraction of sp³-hybridized carbons (Fsp3) is 0.278. The maximum atomic E-state index is 14.6. The minimum Gasteiger partial charge on any atom is -0.495 e. The molecular weight excluding hydrogens is 586 g/mol. The second kappa shape index (κ2) is 14.9. The van der Waals surface area contributed by atoms with Crippen molar-refractivity contribution < 1.29 is 22.7 Å². The highest BCUT2D eigenvalue weighted by molar-refractivity contribution is 7.92. The fourth-order valence-corrected chi connectivity index (χ4v) is 6.52. The summed E-state index contributed by atoms with van der Waals surface area (Å²) in [7, 11) is -2.78. The molecule has 0 aliphatic heterocycles. The number of carbonyl (C=O) groups is 2. The first-order valence-electron chi connectivity index (χ1n) is 14.9. The molecule has 0 saturated heterocycles. The summed E-state index contributed by atoms with van der Waals surface area (Å²) in [4.78, 5) is 30.0. The van der Waals surface area contributed by atoms with Gasteiger partial charge < -0.3 is 15.0 Å². The average Bonchev–Trinajstić information content (AvgIpc) is 3.02. The van der Waals surface area contributed by atoms with Gasteiger partial charge in [-0.1, -0.05) is 84.4 Å². The van der Waals surface area contributed by atoms with Crippen LogP contribution in [-0.2, 0) is 32.6 Å². The van der Waals surface area contributed by atoms with Gasteiger partial charge in [0.25, 0.3) is 10.0 Å². The molecule has 0 aliphatic rings. The highest BCUT2D eigenvalue weighted by Gasteiger charge is 2.35. The SMILES string of the molecule is COc1ccccc1N(CC(=O)N(Cc1ccccc1C)[C@H](Cc1ccccc1)C(=O)NC(C)C)S(=O)(=O)c1ccc(C)cc1. The molecule has 0 aromatic heterocycles. The van der Waals surface area contributed by atoms with E-state index >= 15 is 0 Å². The number of rotatable bonds is 13. The molecule has 0 saturated carbocycles. The number of ether oxygens (including phenoxy) is 1. The van der Waals surface area contributed by atoms with Crippen molar-refractivity contribution in [3.63, 3.8) is 0 Å². The van der Waals surface area contributed by atoms with Crippen molar-refractivity contribution in [1.82, 2.24) is 10.2 Å². The number of anilines is 1. The maximum absolute atomic E-state index is 14.6. The molecule has 45 heavy (non-hydrogen) atoms. The van der Waals surface area contributed by atoms with Crippen LogP contribution in [0.2, 0.25) is 0 Å². The first-order chi connectivity index (χ1) is 21.5. The lowest BCUT2D eigenvalue weighted by molar-refractivity contribution is -0.140. The van der Waals surface area contributed by atoms with Crippen LogP contribution in [0.4, 0.5) is 5.69 Å². The smallest absolute Gasteiger partial charge is 0.264 e. The third kappa shape index (κ3) is 8.30. The van der Waals surface area contributed by atoms with Gasteiger partial charge in [0, 0.05) is 19.0 Å². The number of para-hydroxylation sites is 2. The van der Waals surface area contributed by atoms with Gasteiger partial charge in [0.05, 0.1) is 17.7 Å².